The van der Waals surface area contributed by atoms with Gasteiger partial charge in [-0.1, -0.05) is 23.7 Å². The number of benzene rings is 2. The number of halogens is 1. The number of aryl methyl sites for hydroxylation is 1. The molecule has 0 saturated heterocycles. The van der Waals surface area contributed by atoms with E-state index >= 15 is 0 Å². The van der Waals surface area contributed by atoms with Crippen molar-refractivity contribution in [3.63, 3.8) is 0 Å². The van der Waals surface area contributed by atoms with Crippen molar-refractivity contribution in [2.24, 2.45) is 0 Å². The van der Waals surface area contributed by atoms with E-state index < -0.39 is 0 Å². The number of hydrogen-bond acceptors (Lipinski definition) is 4. The lowest BCUT2D eigenvalue weighted by molar-refractivity contribution is 0.102. The molecule has 5 nitrogen and oxygen atoms in total. The zero-order valence-electron chi connectivity index (χ0n) is 13.9. The second-order valence-corrected chi connectivity index (χ2v) is 6.04. The van der Waals surface area contributed by atoms with Crippen molar-refractivity contribution < 1.29 is 4.79 Å². The van der Waals surface area contributed by atoms with Gasteiger partial charge in [0.1, 0.15) is 5.69 Å². The summed E-state index contributed by atoms with van der Waals surface area (Å²) in [5.74, 6) is 0.0613. The van der Waals surface area contributed by atoms with Crippen LogP contribution in [0.4, 0.5) is 17.3 Å². The maximum absolute atomic E-state index is 12.5. The molecule has 0 aliphatic heterocycles. The van der Waals surface area contributed by atoms with E-state index in [1.807, 2.05) is 44.2 Å². The smallest absolute Gasteiger partial charge is 0.274 e. The summed E-state index contributed by atoms with van der Waals surface area (Å²) < 4.78 is 0. The van der Waals surface area contributed by atoms with Crippen LogP contribution in [0.5, 0.6) is 0 Å². The third-order valence-electron chi connectivity index (χ3n) is 3.84. The summed E-state index contributed by atoms with van der Waals surface area (Å²) >= 11 is 5.87. The first-order valence-electron chi connectivity index (χ1n) is 7.76. The highest BCUT2D eigenvalue weighted by molar-refractivity contribution is 6.30. The Labute approximate surface area is 151 Å². The SMILES string of the molecule is Cc1cccc(NC(=O)c2ccnc(Nc3ccc(Cl)cc3)n2)c1C. The highest BCUT2D eigenvalue weighted by Gasteiger charge is 2.11. The van der Waals surface area contributed by atoms with E-state index in [0.717, 1.165) is 22.5 Å². The topological polar surface area (TPSA) is 66.9 Å². The van der Waals surface area contributed by atoms with Gasteiger partial charge >= 0.3 is 0 Å². The van der Waals surface area contributed by atoms with Crippen LogP contribution in [-0.4, -0.2) is 15.9 Å². The van der Waals surface area contributed by atoms with E-state index in [2.05, 4.69) is 20.6 Å². The van der Waals surface area contributed by atoms with Crippen molar-refractivity contribution in [2.45, 2.75) is 13.8 Å². The van der Waals surface area contributed by atoms with Crippen LogP contribution >= 0.6 is 11.6 Å². The fraction of sp³-hybridized carbons (Fsp3) is 0.105. The van der Waals surface area contributed by atoms with Gasteiger partial charge in [0.05, 0.1) is 0 Å². The molecule has 2 aromatic carbocycles. The van der Waals surface area contributed by atoms with Gasteiger partial charge in [-0.25, -0.2) is 9.97 Å². The lowest BCUT2D eigenvalue weighted by atomic mass is 10.1. The Kier molecular flexibility index (Phi) is 4.95. The zero-order valence-corrected chi connectivity index (χ0v) is 14.6. The minimum absolute atomic E-state index is 0.282. The Bertz CT molecular complexity index is 910. The van der Waals surface area contributed by atoms with E-state index in [1.54, 1.807) is 24.4 Å². The van der Waals surface area contributed by atoms with Gasteiger partial charge in [-0.2, -0.15) is 0 Å². The van der Waals surface area contributed by atoms with Crippen molar-refractivity contribution in [1.29, 1.82) is 0 Å². The molecule has 0 atom stereocenters. The van der Waals surface area contributed by atoms with Crippen molar-refractivity contribution in [3.8, 4) is 0 Å². The van der Waals surface area contributed by atoms with Crippen LogP contribution in [0.1, 0.15) is 21.6 Å². The molecular weight excluding hydrogens is 336 g/mol. The zero-order chi connectivity index (χ0) is 17.8. The van der Waals surface area contributed by atoms with E-state index in [0.29, 0.717) is 11.0 Å². The molecule has 0 spiro atoms. The van der Waals surface area contributed by atoms with Crippen LogP contribution < -0.4 is 10.6 Å². The summed E-state index contributed by atoms with van der Waals surface area (Å²) in [7, 11) is 0. The van der Waals surface area contributed by atoms with Crippen molar-refractivity contribution in [1.82, 2.24) is 9.97 Å². The molecule has 0 radical (unpaired) electrons. The molecule has 25 heavy (non-hydrogen) atoms. The molecule has 0 bridgehead atoms. The molecule has 126 valence electrons. The van der Waals surface area contributed by atoms with Gasteiger partial charge in [0.2, 0.25) is 5.95 Å². The quantitative estimate of drug-likeness (QED) is 0.711. The Morgan fingerprint density at radius 3 is 2.56 bits per heavy atom. The van der Waals surface area contributed by atoms with Gasteiger partial charge in [0.15, 0.2) is 0 Å². The van der Waals surface area contributed by atoms with Crippen molar-refractivity contribution >= 4 is 34.8 Å². The van der Waals surface area contributed by atoms with Gasteiger partial charge in [0, 0.05) is 22.6 Å². The Balaban J connectivity index is 1.77. The van der Waals surface area contributed by atoms with Gasteiger partial charge < -0.3 is 10.6 Å². The summed E-state index contributed by atoms with van der Waals surface area (Å²) in [6.07, 6.45) is 1.54. The number of aromatic nitrogens is 2. The van der Waals surface area contributed by atoms with E-state index in [1.165, 1.54) is 0 Å². The monoisotopic (exact) mass is 352 g/mol. The van der Waals surface area contributed by atoms with Crippen molar-refractivity contribution in [3.05, 3.63) is 76.6 Å². The number of nitrogens with zero attached hydrogens (tertiary/aromatic N) is 2. The van der Waals surface area contributed by atoms with Crippen LogP contribution in [0.2, 0.25) is 5.02 Å². The highest BCUT2D eigenvalue weighted by Crippen LogP contribution is 2.19. The first kappa shape index (κ1) is 16.9. The Morgan fingerprint density at radius 2 is 1.80 bits per heavy atom. The second-order valence-electron chi connectivity index (χ2n) is 5.60. The Hall–Kier alpha value is -2.92. The minimum Gasteiger partial charge on any atom is -0.324 e. The molecule has 1 amide bonds. The molecule has 0 saturated carbocycles. The lowest BCUT2D eigenvalue weighted by Crippen LogP contribution is -2.15. The second kappa shape index (κ2) is 7.32. The number of nitrogens with one attached hydrogen (secondary N) is 2. The molecule has 3 rings (SSSR count). The number of hydrogen-bond donors (Lipinski definition) is 2. The molecule has 1 heterocycles. The van der Waals surface area contributed by atoms with E-state index in [9.17, 15) is 4.79 Å². The summed E-state index contributed by atoms with van der Waals surface area (Å²) in [5, 5.41) is 6.59. The van der Waals surface area contributed by atoms with Crippen LogP contribution in [0.15, 0.2) is 54.7 Å². The first-order chi connectivity index (χ1) is 12.0. The minimum atomic E-state index is -0.282. The average molecular weight is 353 g/mol. The fourth-order valence-electron chi connectivity index (χ4n) is 2.28. The third-order valence-corrected chi connectivity index (χ3v) is 4.09. The molecule has 0 aliphatic rings. The normalized spacial score (nSPS) is 10.4. The molecule has 6 heteroatoms. The summed E-state index contributed by atoms with van der Waals surface area (Å²) in [6, 6.07) is 14.5. The van der Waals surface area contributed by atoms with Crippen LogP contribution in [-0.2, 0) is 0 Å². The fourth-order valence-corrected chi connectivity index (χ4v) is 2.41. The highest BCUT2D eigenvalue weighted by atomic mass is 35.5. The number of amides is 1. The lowest BCUT2D eigenvalue weighted by Gasteiger charge is -2.10. The standard InChI is InChI=1S/C19H17ClN4O/c1-12-4-3-5-16(13(12)2)23-18(25)17-10-11-21-19(24-17)22-15-8-6-14(20)7-9-15/h3-11H,1-2H3,(H,23,25)(H,21,22,24). The predicted molar refractivity (Wildman–Crippen MR) is 101 cm³/mol. The molecule has 2 N–H and O–H groups in total. The number of carbonyl (C=O) groups is 1. The number of carbonyl (C=O) groups excluding carboxylic acids is 1. The van der Waals surface area contributed by atoms with Crippen LogP contribution in [0, 0.1) is 13.8 Å². The van der Waals surface area contributed by atoms with Gasteiger partial charge in [-0.3, -0.25) is 4.79 Å². The van der Waals surface area contributed by atoms with Crippen molar-refractivity contribution in [2.75, 3.05) is 10.6 Å². The largest absolute Gasteiger partial charge is 0.324 e. The van der Waals surface area contributed by atoms with Gasteiger partial charge in [-0.05, 0) is 61.4 Å². The maximum atomic E-state index is 12.5. The average Bonchev–Trinajstić information content (AvgIpc) is 2.61. The molecule has 0 fully saturated rings. The molecule has 3 aromatic rings. The molecule has 0 aliphatic carbocycles. The summed E-state index contributed by atoms with van der Waals surface area (Å²) in [6.45, 7) is 3.97. The maximum Gasteiger partial charge on any atom is 0.274 e. The predicted octanol–water partition coefficient (Wildman–Crippen LogP) is 4.74. The van der Waals surface area contributed by atoms with Gasteiger partial charge in [0.25, 0.3) is 5.91 Å². The van der Waals surface area contributed by atoms with E-state index in [-0.39, 0.29) is 11.6 Å². The van der Waals surface area contributed by atoms with Crippen LogP contribution in [0.25, 0.3) is 0 Å². The van der Waals surface area contributed by atoms with E-state index in [4.69, 9.17) is 11.6 Å². The molecular formula is C19H17ClN4O. The van der Waals surface area contributed by atoms with Crippen LogP contribution in [0.3, 0.4) is 0 Å². The summed E-state index contributed by atoms with van der Waals surface area (Å²) in [5.41, 5.74) is 4.00. The van der Waals surface area contributed by atoms with Gasteiger partial charge in [-0.15, -0.1) is 0 Å². The summed E-state index contributed by atoms with van der Waals surface area (Å²) in [4.78, 5) is 20.9. The third kappa shape index (κ3) is 4.14. The molecule has 0 unspecified atom stereocenters. The Morgan fingerprint density at radius 1 is 1.04 bits per heavy atom. The molecule has 1 aromatic heterocycles. The number of anilines is 3. The number of rotatable bonds is 4. The first-order valence-corrected chi connectivity index (χ1v) is 8.14.